The number of nitrogens with one attached hydrogen (secondary N) is 1. The van der Waals surface area contributed by atoms with Gasteiger partial charge in [-0.2, -0.15) is 10.1 Å². The van der Waals surface area contributed by atoms with E-state index >= 15 is 0 Å². The molecule has 4 atom stereocenters. The number of aliphatic hydroxyl groups excluding tert-OH is 1. The fourth-order valence-electron chi connectivity index (χ4n) is 3.64. The van der Waals surface area contributed by atoms with Crippen molar-refractivity contribution < 1.29 is 19.4 Å². The van der Waals surface area contributed by atoms with Gasteiger partial charge in [0.15, 0.2) is 0 Å². The van der Waals surface area contributed by atoms with Crippen molar-refractivity contribution in [2.45, 2.75) is 51.0 Å². The summed E-state index contributed by atoms with van der Waals surface area (Å²) < 4.78 is 12.7. The highest BCUT2D eigenvalue weighted by molar-refractivity contribution is 5.76. The van der Waals surface area contributed by atoms with E-state index < -0.39 is 6.10 Å². The molecule has 0 unspecified atom stereocenters. The van der Waals surface area contributed by atoms with Crippen molar-refractivity contribution in [1.82, 2.24) is 24.9 Å². The standard InChI is InChI=1S/C16H21N5O4/c1-8-10(9(2)21-16(19-8)17-7-18-21)3-4-13(23)20-11-5-24-15-12(22)6-25-14(11)15/h7,11-12,14-15,22H,3-6H2,1-2H3,(H,20,23)/t11-,12-,14-,15-/m1/s1. The summed E-state index contributed by atoms with van der Waals surface area (Å²) in [4.78, 5) is 20.9. The van der Waals surface area contributed by atoms with Crippen molar-refractivity contribution in [1.29, 1.82) is 0 Å². The molecule has 2 aromatic heterocycles. The van der Waals surface area contributed by atoms with Gasteiger partial charge in [-0.25, -0.2) is 9.50 Å². The summed E-state index contributed by atoms with van der Waals surface area (Å²) >= 11 is 0. The van der Waals surface area contributed by atoms with Crippen molar-refractivity contribution in [3.8, 4) is 0 Å². The molecule has 0 bridgehead atoms. The van der Waals surface area contributed by atoms with Crippen LogP contribution in [0.4, 0.5) is 0 Å². The van der Waals surface area contributed by atoms with Gasteiger partial charge in [0.1, 0.15) is 24.6 Å². The number of carbonyl (C=O) groups excluding carboxylic acids is 1. The summed E-state index contributed by atoms with van der Waals surface area (Å²) in [6.07, 6.45) is 1.15. The predicted octanol–water partition coefficient (Wildman–Crippen LogP) is -0.683. The van der Waals surface area contributed by atoms with E-state index in [9.17, 15) is 9.90 Å². The smallest absolute Gasteiger partial charge is 0.252 e. The minimum Gasteiger partial charge on any atom is -0.388 e. The molecule has 134 valence electrons. The Hall–Kier alpha value is -2.10. The first-order chi connectivity index (χ1) is 12.0. The number of amides is 1. The minimum atomic E-state index is -0.613. The number of fused-ring (bicyclic) bond motifs is 2. The van der Waals surface area contributed by atoms with Crippen LogP contribution >= 0.6 is 0 Å². The molecule has 2 aliphatic heterocycles. The Kier molecular flexibility index (Phi) is 4.14. The molecular formula is C16H21N5O4. The van der Waals surface area contributed by atoms with Gasteiger partial charge < -0.3 is 19.9 Å². The Morgan fingerprint density at radius 2 is 2.16 bits per heavy atom. The summed E-state index contributed by atoms with van der Waals surface area (Å²) in [6, 6.07) is -0.215. The van der Waals surface area contributed by atoms with Crippen LogP contribution in [0.5, 0.6) is 0 Å². The van der Waals surface area contributed by atoms with Crippen molar-refractivity contribution >= 4 is 11.7 Å². The van der Waals surface area contributed by atoms with Crippen LogP contribution in [0, 0.1) is 13.8 Å². The third kappa shape index (κ3) is 2.88. The van der Waals surface area contributed by atoms with Crippen molar-refractivity contribution in [2.24, 2.45) is 0 Å². The number of rotatable bonds is 4. The van der Waals surface area contributed by atoms with E-state index in [1.807, 2.05) is 13.8 Å². The van der Waals surface area contributed by atoms with Gasteiger partial charge in [0.2, 0.25) is 5.91 Å². The Balaban J connectivity index is 1.39. The van der Waals surface area contributed by atoms with Crippen LogP contribution in [0.1, 0.15) is 23.4 Å². The highest BCUT2D eigenvalue weighted by Gasteiger charge is 2.47. The molecule has 0 radical (unpaired) electrons. The van der Waals surface area contributed by atoms with Crippen LogP contribution < -0.4 is 5.32 Å². The predicted molar refractivity (Wildman–Crippen MR) is 86.0 cm³/mol. The first-order valence-electron chi connectivity index (χ1n) is 8.41. The highest BCUT2D eigenvalue weighted by atomic mass is 16.6. The quantitative estimate of drug-likeness (QED) is 0.753. The molecule has 9 heteroatoms. The molecule has 9 nitrogen and oxygen atoms in total. The fourth-order valence-corrected chi connectivity index (χ4v) is 3.64. The summed E-state index contributed by atoms with van der Waals surface area (Å²) in [7, 11) is 0. The number of carbonyl (C=O) groups is 1. The van der Waals surface area contributed by atoms with Gasteiger partial charge in [-0.3, -0.25) is 4.79 Å². The van der Waals surface area contributed by atoms with Gasteiger partial charge in [-0.05, 0) is 25.8 Å². The molecule has 0 saturated carbocycles. The summed E-state index contributed by atoms with van der Waals surface area (Å²) in [5, 5.41) is 16.9. The number of aryl methyl sites for hydroxylation is 2. The maximum Gasteiger partial charge on any atom is 0.252 e. The van der Waals surface area contributed by atoms with Crippen LogP contribution in [-0.2, 0) is 20.7 Å². The van der Waals surface area contributed by atoms with Gasteiger partial charge in [0, 0.05) is 17.8 Å². The van der Waals surface area contributed by atoms with E-state index in [1.165, 1.54) is 6.33 Å². The topological polar surface area (TPSA) is 111 Å². The maximum absolute atomic E-state index is 12.3. The Morgan fingerprint density at radius 3 is 3.00 bits per heavy atom. The van der Waals surface area contributed by atoms with Crippen molar-refractivity contribution in [3.63, 3.8) is 0 Å². The normalized spacial score (nSPS) is 28.4. The summed E-state index contributed by atoms with van der Waals surface area (Å²) in [5.41, 5.74) is 2.80. The Bertz CT molecular complexity index is 807. The molecule has 2 fully saturated rings. The number of hydrogen-bond acceptors (Lipinski definition) is 7. The van der Waals surface area contributed by atoms with Gasteiger partial charge in [0.25, 0.3) is 5.78 Å². The average Bonchev–Trinajstić information content (AvgIpc) is 3.27. The fraction of sp³-hybridized carbons (Fsp3) is 0.625. The zero-order chi connectivity index (χ0) is 17.6. The molecule has 4 heterocycles. The van der Waals surface area contributed by atoms with E-state index in [1.54, 1.807) is 4.52 Å². The lowest BCUT2D eigenvalue weighted by Crippen LogP contribution is -2.44. The minimum absolute atomic E-state index is 0.0725. The van der Waals surface area contributed by atoms with E-state index in [0.29, 0.717) is 25.2 Å². The molecule has 0 aliphatic carbocycles. The molecule has 0 aromatic carbocycles. The van der Waals surface area contributed by atoms with Crippen LogP contribution in [0.15, 0.2) is 6.33 Å². The lowest BCUT2D eigenvalue weighted by atomic mass is 10.1. The SMILES string of the molecule is Cc1nc2ncnn2c(C)c1CCC(=O)N[C@@H]1CO[C@H]2[C@@H]1OC[C@H]2O. The molecule has 1 amide bonds. The van der Waals surface area contributed by atoms with Gasteiger partial charge in [-0.1, -0.05) is 0 Å². The molecule has 25 heavy (non-hydrogen) atoms. The summed E-state index contributed by atoms with van der Waals surface area (Å²) in [5.74, 6) is 0.492. The Morgan fingerprint density at radius 1 is 1.36 bits per heavy atom. The second kappa shape index (κ2) is 6.32. The first-order valence-corrected chi connectivity index (χ1v) is 8.41. The molecule has 4 rings (SSSR count). The Labute approximate surface area is 144 Å². The first kappa shape index (κ1) is 16.4. The van der Waals surface area contributed by atoms with Gasteiger partial charge in [-0.15, -0.1) is 0 Å². The van der Waals surface area contributed by atoms with E-state index in [4.69, 9.17) is 9.47 Å². The highest BCUT2D eigenvalue weighted by Crippen LogP contribution is 2.27. The third-order valence-electron chi connectivity index (χ3n) is 4.96. The van der Waals surface area contributed by atoms with E-state index in [2.05, 4.69) is 20.4 Å². The van der Waals surface area contributed by atoms with Crippen LogP contribution in [-0.4, -0.2) is 68.2 Å². The molecule has 0 spiro atoms. The average molecular weight is 347 g/mol. The largest absolute Gasteiger partial charge is 0.388 e. The number of ether oxygens (including phenoxy) is 2. The lowest BCUT2D eigenvalue weighted by molar-refractivity contribution is -0.122. The summed E-state index contributed by atoms with van der Waals surface area (Å²) in [6.45, 7) is 4.48. The van der Waals surface area contributed by atoms with Crippen LogP contribution in [0.25, 0.3) is 5.78 Å². The van der Waals surface area contributed by atoms with Crippen LogP contribution in [0.2, 0.25) is 0 Å². The number of aliphatic hydroxyl groups is 1. The second-order valence-electron chi connectivity index (χ2n) is 6.57. The molecular weight excluding hydrogens is 326 g/mol. The zero-order valence-electron chi connectivity index (χ0n) is 14.2. The monoisotopic (exact) mass is 347 g/mol. The molecule has 2 N–H and O–H groups in total. The number of aromatic nitrogens is 4. The van der Waals surface area contributed by atoms with Crippen molar-refractivity contribution in [2.75, 3.05) is 13.2 Å². The van der Waals surface area contributed by atoms with Gasteiger partial charge >= 0.3 is 0 Å². The van der Waals surface area contributed by atoms with Crippen molar-refractivity contribution in [3.05, 3.63) is 23.3 Å². The van der Waals surface area contributed by atoms with Crippen LogP contribution in [0.3, 0.4) is 0 Å². The van der Waals surface area contributed by atoms with Gasteiger partial charge in [0.05, 0.1) is 19.3 Å². The van der Waals surface area contributed by atoms with E-state index in [-0.39, 0.29) is 30.8 Å². The number of hydrogen-bond donors (Lipinski definition) is 2. The molecule has 2 aromatic rings. The molecule has 2 aliphatic rings. The third-order valence-corrected chi connectivity index (χ3v) is 4.96. The molecule has 2 saturated heterocycles. The maximum atomic E-state index is 12.3. The number of nitrogens with zero attached hydrogens (tertiary/aromatic N) is 4. The zero-order valence-corrected chi connectivity index (χ0v) is 14.2. The lowest BCUT2D eigenvalue weighted by Gasteiger charge is -2.17. The second-order valence-corrected chi connectivity index (χ2v) is 6.57. The van der Waals surface area contributed by atoms with E-state index in [0.717, 1.165) is 17.0 Å².